The van der Waals surface area contributed by atoms with Crippen LogP contribution >= 0.6 is 23.2 Å². The Kier molecular flexibility index (Phi) is 12.5. The number of nitrogens with one attached hydrogen (secondary N) is 5. The van der Waals surface area contributed by atoms with Crippen LogP contribution in [-0.4, -0.2) is 61.9 Å². The maximum atomic E-state index is 16.4. The first-order chi connectivity index (χ1) is 31.5. The van der Waals surface area contributed by atoms with Gasteiger partial charge in [0, 0.05) is 66.0 Å². The third-order valence-electron chi connectivity index (χ3n) is 15.6. The van der Waals surface area contributed by atoms with Crippen molar-refractivity contribution >= 4 is 63.6 Å². The van der Waals surface area contributed by atoms with Crippen molar-refractivity contribution in [2.45, 2.75) is 139 Å². The molecule has 350 valence electrons. The van der Waals surface area contributed by atoms with Gasteiger partial charge in [0.2, 0.25) is 23.6 Å². The normalized spacial score (nSPS) is 26.6. The highest BCUT2D eigenvalue weighted by molar-refractivity contribution is 6.31. The number of carbonyl (C=O) groups is 4. The molecule has 4 atom stereocenters. The summed E-state index contributed by atoms with van der Waals surface area (Å²) in [6, 6.07) is 11.8. The molecular formula is C50H59Cl2FN8O5. The number of halogens is 3. The predicted molar refractivity (Wildman–Crippen MR) is 253 cm³/mol. The number of hydrogen-bond donors (Lipinski definition) is 5. The largest absolute Gasteiger partial charge is 0.385 e. The molecule has 4 aromatic rings. The number of anilines is 1. The first-order valence-corrected chi connectivity index (χ1v) is 24.2. The SMILES string of the molecule is C=C(NC1CCC(C(=O)NCCCCCc2ccc3c(c2)n(C)c(=O)n3C2CCC(=O)NC2=O)CC1)[C@@H]1NC2(CCC(C)(C)CC2)[C@@]2(C(=O)Nc3cc(Cl)ccc32)[C@H]1c1ccnc(Cl)c1F. The van der Waals surface area contributed by atoms with Gasteiger partial charge in [-0.25, -0.2) is 14.2 Å². The van der Waals surface area contributed by atoms with E-state index in [2.05, 4.69) is 52.0 Å². The van der Waals surface area contributed by atoms with Gasteiger partial charge in [-0.1, -0.05) is 62.2 Å². The number of imide groups is 1. The molecule has 9 rings (SSSR count). The summed E-state index contributed by atoms with van der Waals surface area (Å²) in [7, 11) is 1.70. The Morgan fingerprint density at radius 3 is 2.42 bits per heavy atom. The van der Waals surface area contributed by atoms with Crippen LogP contribution < -0.4 is 32.3 Å². The Morgan fingerprint density at radius 1 is 0.924 bits per heavy atom. The summed E-state index contributed by atoms with van der Waals surface area (Å²) in [6.07, 6.45) is 11.5. The summed E-state index contributed by atoms with van der Waals surface area (Å²) in [5.41, 5.74) is 2.75. The molecule has 2 aliphatic carbocycles. The predicted octanol–water partition coefficient (Wildman–Crippen LogP) is 7.63. The summed E-state index contributed by atoms with van der Waals surface area (Å²) in [5.74, 6) is -2.37. The number of nitrogens with zero attached hydrogens (tertiary/aromatic N) is 3. The molecule has 2 aromatic carbocycles. The van der Waals surface area contributed by atoms with E-state index in [-0.39, 0.29) is 52.4 Å². The molecule has 2 aromatic heterocycles. The lowest BCUT2D eigenvalue weighted by Gasteiger charge is -2.50. The van der Waals surface area contributed by atoms with Crippen molar-refractivity contribution in [1.82, 2.24) is 35.4 Å². The second kappa shape index (κ2) is 17.9. The van der Waals surface area contributed by atoms with Gasteiger partial charge < -0.3 is 21.3 Å². The zero-order valence-electron chi connectivity index (χ0n) is 37.8. The maximum absolute atomic E-state index is 16.4. The Bertz CT molecular complexity index is 2680. The van der Waals surface area contributed by atoms with Crippen LogP contribution in [0, 0.1) is 17.2 Å². The summed E-state index contributed by atoms with van der Waals surface area (Å²) < 4.78 is 19.5. The van der Waals surface area contributed by atoms with Crippen LogP contribution in [0.15, 0.2) is 65.7 Å². The molecule has 66 heavy (non-hydrogen) atoms. The number of imidazole rings is 1. The fourth-order valence-corrected chi connectivity index (χ4v) is 12.4. The van der Waals surface area contributed by atoms with Crippen LogP contribution in [0.5, 0.6) is 0 Å². The van der Waals surface area contributed by atoms with E-state index < -0.39 is 40.7 Å². The number of fused-ring (bicyclic) bond motifs is 4. The van der Waals surface area contributed by atoms with Gasteiger partial charge in [0.25, 0.3) is 0 Å². The van der Waals surface area contributed by atoms with E-state index in [1.807, 2.05) is 24.3 Å². The molecule has 5 aliphatic rings. The van der Waals surface area contributed by atoms with Gasteiger partial charge in [-0.3, -0.25) is 33.6 Å². The topological polar surface area (TPSA) is 168 Å². The van der Waals surface area contributed by atoms with Gasteiger partial charge in [0.15, 0.2) is 11.0 Å². The minimum Gasteiger partial charge on any atom is -0.385 e. The molecule has 5 N–H and O–H groups in total. The van der Waals surface area contributed by atoms with Crippen LogP contribution in [0.4, 0.5) is 10.1 Å². The van der Waals surface area contributed by atoms with Crippen LogP contribution in [-0.2, 0) is 38.1 Å². The van der Waals surface area contributed by atoms with Crippen molar-refractivity contribution in [3.63, 3.8) is 0 Å². The zero-order chi connectivity index (χ0) is 46.7. The molecule has 1 unspecified atom stereocenters. The van der Waals surface area contributed by atoms with Crippen LogP contribution in [0.25, 0.3) is 11.0 Å². The number of piperidine rings is 1. The van der Waals surface area contributed by atoms with Gasteiger partial charge in [-0.15, -0.1) is 0 Å². The second-order valence-corrected chi connectivity index (χ2v) is 20.9. The van der Waals surface area contributed by atoms with Gasteiger partial charge in [0.05, 0.1) is 17.1 Å². The molecule has 2 saturated heterocycles. The van der Waals surface area contributed by atoms with Crippen molar-refractivity contribution in [3.8, 4) is 0 Å². The number of rotatable bonds is 12. The number of unbranched alkanes of at least 4 members (excludes halogenated alkanes) is 2. The molecule has 2 spiro atoms. The molecule has 16 heteroatoms. The summed E-state index contributed by atoms with van der Waals surface area (Å²) in [5, 5.41) is 16.6. The molecule has 4 amide bonds. The van der Waals surface area contributed by atoms with E-state index in [9.17, 15) is 24.0 Å². The maximum Gasteiger partial charge on any atom is 0.329 e. The second-order valence-electron chi connectivity index (χ2n) is 20.1. The van der Waals surface area contributed by atoms with E-state index in [1.165, 1.54) is 10.8 Å². The number of hydrogen-bond acceptors (Lipinski definition) is 8. The number of pyridine rings is 1. The average molecular weight is 942 g/mol. The highest BCUT2D eigenvalue weighted by Crippen LogP contribution is 2.64. The highest BCUT2D eigenvalue weighted by atomic mass is 35.5. The van der Waals surface area contributed by atoms with Crippen LogP contribution in [0.3, 0.4) is 0 Å². The minimum absolute atomic E-state index is 0.0359. The van der Waals surface area contributed by atoms with Gasteiger partial charge in [0.1, 0.15) is 11.5 Å². The van der Waals surface area contributed by atoms with Crippen molar-refractivity contribution in [1.29, 1.82) is 0 Å². The zero-order valence-corrected chi connectivity index (χ0v) is 39.3. The first-order valence-electron chi connectivity index (χ1n) is 23.5. The van der Waals surface area contributed by atoms with E-state index in [0.29, 0.717) is 66.1 Å². The van der Waals surface area contributed by atoms with Crippen molar-refractivity contribution < 1.29 is 23.6 Å². The van der Waals surface area contributed by atoms with Crippen molar-refractivity contribution in [2.24, 2.45) is 18.4 Å². The van der Waals surface area contributed by atoms with E-state index in [4.69, 9.17) is 23.2 Å². The van der Waals surface area contributed by atoms with Crippen LogP contribution in [0.2, 0.25) is 10.2 Å². The Hall–Kier alpha value is -5.05. The fraction of sp³-hybridized carbons (Fsp3) is 0.520. The third kappa shape index (κ3) is 8.04. The molecule has 0 bridgehead atoms. The van der Waals surface area contributed by atoms with Crippen molar-refractivity contribution in [3.05, 3.63) is 104 Å². The van der Waals surface area contributed by atoms with E-state index in [1.54, 1.807) is 29.8 Å². The minimum atomic E-state index is -1.20. The monoisotopic (exact) mass is 940 g/mol. The molecule has 2 saturated carbocycles. The smallest absolute Gasteiger partial charge is 0.329 e. The molecule has 5 heterocycles. The summed E-state index contributed by atoms with van der Waals surface area (Å²) >= 11 is 12.9. The quantitative estimate of drug-likeness (QED) is 0.0549. The molecule has 4 fully saturated rings. The third-order valence-corrected chi connectivity index (χ3v) is 16.1. The van der Waals surface area contributed by atoms with Gasteiger partial charge in [-0.05, 0) is 129 Å². The van der Waals surface area contributed by atoms with E-state index in [0.717, 1.165) is 68.0 Å². The number of carbonyl (C=O) groups excluding carboxylic acids is 4. The molecule has 0 radical (unpaired) electrons. The lowest BCUT2D eigenvalue weighted by Crippen LogP contribution is -2.61. The van der Waals surface area contributed by atoms with Gasteiger partial charge in [-0.2, -0.15) is 0 Å². The lowest BCUT2D eigenvalue weighted by molar-refractivity contribution is -0.135. The van der Waals surface area contributed by atoms with Crippen LogP contribution in [0.1, 0.15) is 126 Å². The molecular weight excluding hydrogens is 883 g/mol. The molecule has 13 nitrogen and oxygen atoms in total. The summed E-state index contributed by atoms with van der Waals surface area (Å²) in [6.45, 7) is 9.68. The van der Waals surface area contributed by atoms with Gasteiger partial charge >= 0.3 is 5.69 Å². The number of aromatic nitrogens is 3. The van der Waals surface area contributed by atoms with E-state index >= 15 is 4.39 Å². The Balaban J connectivity index is 0.809. The van der Waals surface area contributed by atoms with Crippen molar-refractivity contribution in [2.75, 3.05) is 11.9 Å². The number of amides is 4. The summed E-state index contributed by atoms with van der Waals surface area (Å²) in [4.78, 5) is 69.7. The first kappa shape index (κ1) is 46.1. The molecule has 3 aliphatic heterocycles. The number of aryl methyl sites for hydroxylation is 2. The number of benzene rings is 2. The standard InChI is InChI=1S/C50H59Cl2FN8O5/c1-28(42-40(33-19-25-54-43(52)41(33)53)50(49(59-42)22-20-48(2,3)21-23-49)34-15-12-31(51)27-35(34)57-46(50)65)56-32-13-10-30(11-14-32)44(63)55-24-7-5-6-8-29-9-16-36-38(26-29)60(4)47(66)61(36)37-17-18-39(62)58-45(37)64/h9,12,15-16,19,25-27,30,32,37,40,42,56,59H,1,5-8,10-11,13-14,17-18,20-24H2,2-4H3,(H,55,63)(H,57,65)(H,58,62,64)/t30?,32?,37?,40-,42-,50+/m0/s1. The Labute approximate surface area is 394 Å². The highest BCUT2D eigenvalue weighted by Gasteiger charge is 2.72. The Morgan fingerprint density at radius 2 is 1.68 bits per heavy atom. The average Bonchev–Trinajstić information content (AvgIpc) is 3.84. The fourth-order valence-electron chi connectivity index (χ4n) is 12.0. The lowest BCUT2D eigenvalue weighted by atomic mass is 9.53.